The van der Waals surface area contributed by atoms with Crippen LogP contribution in [0.3, 0.4) is 0 Å². The second kappa shape index (κ2) is 4.50. The second-order valence-corrected chi connectivity index (χ2v) is 6.24. The first-order chi connectivity index (χ1) is 10.1. The number of phenolic OH excluding ortho intramolecular Hbond substituents is 2. The third-order valence-corrected chi connectivity index (χ3v) is 4.97. The van der Waals surface area contributed by atoms with Gasteiger partial charge in [0.05, 0.1) is 0 Å². The van der Waals surface area contributed by atoms with E-state index in [1.54, 1.807) is 12.1 Å². The van der Waals surface area contributed by atoms with Crippen molar-refractivity contribution in [2.45, 2.75) is 38.4 Å². The summed E-state index contributed by atoms with van der Waals surface area (Å²) in [6.07, 6.45) is 1.87. The van der Waals surface area contributed by atoms with Gasteiger partial charge in [0, 0.05) is 24.2 Å². The van der Waals surface area contributed by atoms with E-state index in [9.17, 15) is 10.2 Å². The fourth-order valence-corrected chi connectivity index (χ4v) is 3.89. The predicted octanol–water partition coefficient (Wildman–Crippen LogP) is 3.14. The molecule has 0 saturated heterocycles. The number of hydrogen-bond acceptors (Lipinski definition) is 3. The molecule has 0 radical (unpaired) electrons. The number of fused-ring (bicyclic) bond motifs is 4. The highest BCUT2D eigenvalue weighted by atomic mass is 16.3. The molecule has 2 aliphatic rings. The van der Waals surface area contributed by atoms with Gasteiger partial charge in [-0.25, -0.2) is 0 Å². The van der Waals surface area contributed by atoms with Gasteiger partial charge in [-0.15, -0.1) is 0 Å². The van der Waals surface area contributed by atoms with Gasteiger partial charge in [0.25, 0.3) is 0 Å². The van der Waals surface area contributed by atoms with E-state index in [0.717, 1.165) is 24.9 Å². The summed E-state index contributed by atoms with van der Waals surface area (Å²) in [5.41, 5.74) is 4.89. The van der Waals surface area contributed by atoms with E-state index in [0.29, 0.717) is 23.6 Å². The van der Waals surface area contributed by atoms with Crippen molar-refractivity contribution in [3.05, 3.63) is 58.7 Å². The fraction of sp³-hybridized carbons (Fsp3) is 0.333. The molecule has 0 spiro atoms. The molecule has 2 unspecified atom stereocenters. The largest absolute Gasteiger partial charge is 0.508 e. The molecular weight excluding hydrogens is 262 g/mol. The molecule has 0 saturated carbocycles. The second-order valence-electron chi connectivity index (χ2n) is 6.24. The predicted molar refractivity (Wildman–Crippen MR) is 81.4 cm³/mol. The van der Waals surface area contributed by atoms with E-state index < -0.39 is 0 Å². The molecule has 0 aromatic heterocycles. The SMILES string of the molecule is CC1Cc2cc(O)ccc2C2Cc3cccc(O)c3CN12. The van der Waals surface area contributed by atoms with Gasteiger partial charge in [0.15, 0.2) is 0 Å². The zero-order valence-electron chi connectivity index (χ0n) is 12.1. The first-order valence-electron chi connectivity index (χ1n) is 7.51. The normalized spacial score (nSPS) is 24.0. The Hall–Kier alpha value is -2.00. The van der Waals surface area contributed by atoms with Crippen molar-refractivity contribution in [2.75, 3.05) is 0 Å². The number of rotatable bonds is 0. The van der Waals surface area contributed by atoms with Gasteiger partial charge < -0.3 is 10.2 Å². The minimum atomic E-state index is 0.346. The summed E-state index contributed by atoms with van der Waals surface area (Å²) < 4.78 is 0. The van der Waals surface area contributed by atoms with Gasteiger partial charge >= 0.3 is 0 Å². The maximum absolute atomic E-state index is 10.1. The lowest BCUT2D eigenvalue weighted by molar-refractivity contribution is 0.104. The summed E-state index contributed by atoms with van der Waals surface area (Å²) in [5.74, 6) is 0.762. The number of benzene rings is 2. The standard InChI is InChI=1S/C18H19NO2/c1-11-7-13-8-14(20)5-6-15(13)17-9-12-3-2-4-18(21)16(12)10-19(11)17/h2-6,8,11,17,20-21H,7,9-10H2,1H3. The molecule has 0 aliphatic carbocycles. The van der Waals surface area contributed by atoms with Crippen molar-refractivity contribution in [1.82, 2.24) is 4.90 Å². The molecule has 108 valence electrons. The van der Waals surface area contributed by atoms with E-state index >= 15 is 0 Å². The van der Waals surface area contributed by atoms with E-state index in [-0.39, 0.29) is 0 Å². The third-order valence-electron chi connectivity index (χ3n) is 4.97. The monoisotopic (exact) mass is 281 g/mol. The summed E-state index contributed by atoms with van der Waals surface area (Å²) in [5, 5.41) is 19.8. The smallest absolute Gasteiger partial charge is 0.120 e. The Balaban J connectivity index is 1.82. The Labute approximate surface area is 124 Å². The van der Waals surface area contributed by atoms with Crippen LogP contribution < -0.4 is 0 Å². The number of hydrogen-bond donors (Lipinski definition) is 2. The van der Waals surface area contributed by atoms with E-state index in [1.165, 1.54) is 16.7 Å². The van der Waals surface area contributed by atoms with Crippen molar-refractivity contribution in [3.63, 3.8) is 0 Å². The van der Waals surface area contributed by atoms with Crippen LogP contribution >= 0.6 is 0 Å². The van der Waals surface area contributed by atoms with Crippen LogP contribution in [0.5, 0.6) is 11.5 Å². The zero-order valence-corrected chi connectivity index (χ0v) is 12.1. The fourth-order valence-electron chi connectivity index (χ4n) is 3.89. The highest BCUT2D eigenvalue weighted by molar-refractivity contribution is 5.46. The molecule has 4 rings (SSSR count). The number of phenols is 2. The minimum absolute atomic E-state index is 0.346. The van der Waals surface area contributed by atoms with Crippen molar-refractivity contribution < 1.29 is 10.2 Å². The summed E-state index contributed by atoms with van der Waals surface area (Å²) >= 11 is 0. The van der Waals surface area contributed by atoms with Crippen molar-refractivity contribution in [1.29, 1.82) is 0 Å². The quantitative estimate of drug-likeness (QED) is 0.779. The lowest BCUT2D eigenvalue weighted by Gasteiger charge is -2.45. The van der Waals surface area contributed by atoms with Gasteiger partial charge in [0.1, 0.15) is 11.5 Å². The van der Waals surface area contributed by atoms with Gasteiger partial charge in [-0.1, -0.05) is 18.2 Å². The first kappa shape index (κ1) is 12.7. The molecule has 2 atom stereocenters. The van der Waals surface area contributed by atoms with Gasteiger partial charge in [-0.05, 0) is 54.7 Å². The lowest BCUT2D eigenvalue weighted by atomic mass is 9.81. The molecule has 0 amide bonds. The zero-order chi connectivity index (χ0) is 14.6. The molecule has 3 heteroatoms. The molecular formula is C18H19NO2. The highest BCUT2D eigenvalue weighted by Gasteiger charge is 2.36. The molecule has 2 aromatic rings. The summed E-state index contributed by atoms with van der Waals surface area (Å²) in [4.78, 5) is 2.47. The van der Waals surface area contributed by atoms with Crippen LogP contribution in [-0.2, 0) is 19.4 Å². The molecule has 0 bridgehead atoms. The van der Waals surface area contributed by atoms with Crippen LogP contribution in [0.1, 0.15) is 35.2 Å². The Kier molecular flexibility index (Phi) is 2.73. The highest BCUT2D eigenvalue weighted by Crippen LogP contribution is 2.42. The summed E-state index contributed by atoms with van der Waals surface area (Å²) in [6.45, 7) is 3.03. The topological polar surface area (TPSA) is 43.7 Å². The molecule has 2 aromatic carbocycles. The van der Waals surface area contributed by atoms with Crippen LogP contribution in [-0.4, -0.2) is 21.2 Å². The van der Waals surface area contributed by atoms with E-state index in [4.69, 9.17) is 0 Å². The molecule has 2 aliphatic heterocycles. The summed E-state index contributed by atoms with van der Waals surface area (Å²) in [7, 11) is 0. The van der Waals surface area contributed by atoms with Crippen molar-refractivity contribution >= 4 is 0 Å². The maximum atomic E-state index is 10.1. The summed E-state index contributed by atoms with van der Waals surface area (Å²) in [6, 6.07) is 12.3. The maximum Gasteiger partial charge on any atom is 0.120 e. The van der Waals surface area contributed by atoms with Crippen LogP contribution in [0, 0.1) is 0 Å². The van der Waals surface area contributed by atoms with E-state index in [1.807, 2.05) is 12.1 Å². The van der Waals surface area contributed by atoms with Crippen LogP contribution in [0.15, 0.2) is 36.4 Å². The minimum Gasteiger partial charge on any atom is -0.508 e. The van der Waals surface area contributed by atoms with Gasteiger partial charge in [-0.2, -0.15) is 0 Å². The number of aromatic hydroxyl groups is 2. The van der Waals surface area contributed by atoms with Gasteiger partial charge in [-0.3, -0.25) is 4.90 Å². The average molecular weight is 281 g/mol. The van der Waals surface area contributed by atoms with Crippen LogP contribution in [0.25, 0.3) is 0 Å². The Morgan fingerprint density at radius 2 is 1.90 bits per heavy atom. The third kappa shape index (κ3) is 1.92. The van der Waals surface area contributed by atoms with Crippen molar-refractivity contribution in [3.8, 4) is 11.5 Å². The van der Waals surface area contributed by atoms with Crippen LogP contribution in [0.2, 0.25) is 0 Å². The molecule has 2 heterocycles. The Bertz CT molecular complexity index is 710. The van der Waals surface area contributed by atoms with E-state index in [2.05, 4.69) is 24.0 Å². The molecule has 21 heavy (non-hydrogen) atoms. The molecule has 2 N–H and O–H groups in total. The molecule has 0 fully saturated rings. The average Bonchev–Trinajstić information content (AvgIpc) is 2.46. The van der Waals surface area contributed by atoms with Gasteiger partial charge in [0.2, 0.25) is 0 Å². The Morgan fingerprint density at radius 1 is 1.05 bits per heavy atom. The molecule has 3 nitrogen and oxygen atoms in total. The Morgan fingerprint density at radius 3 is 2.76 bits per heavy atom. The van der Waals surface area contributed by atoms with Crippen molar-refractivity contribution in [2.24, 2.45) is 0 Å². The number of nitrogens with zero attached hydrogens (tertiary/aromatic N) is 1. The van der Waals surface area contributed by atoms with Crippen LogP contribution in [0.4, 0.5) is 0 Å². The first-order valence-corrected chi connectivity index (χ1v) is 7.51. The lowest BCUT2D eigenvalue weighted by Crippen LogP contribution is -2.44.